The molecule has 0 atom stereocenters. The van der Waals surface area contributed by atoms with Crippen LogP contribution in [0.3, 0.4) is 0 Å². The molecule has 8 heteroatoms. The fraction of sp³-hybridized carbons (Fsp3) is 0.400. The number of nitrogens with one attached hydrogen (secondary N) is 1. The van der Waals surface area contributed by atoms with Gasteiger partial charge in [0.05, 0.1) is 16.8 Å². The van der Waals surface area contributed by atoms with E-state index in [1.807, 2.05) is 25.1 Å². The van der Waals surface area contributed by atoms with Gasteiger partial charge in [-0.15, -0.1) is 0 Å². The Morgan fingerprint density at radius 2 is 2.04 bits per heavy atom. The number of carbonyl (C=O) groups is 2. The molecule has 7 nitrogen and oxygen atoms in total. The third-order valence-corrected chi connectivity index (χ3v) is 3.64. The summed E-state index contributed by atoms with van der Waals surface area (Å²) in [5.74, 6) is -0.266. The zero-order valence-corrected chi connectivity index (χ0v) is 13.8. The summed E-state index contributed by atoms with van der Waals surface area (Å²) in [6.45, 7) is 4.15. The molecule has 124 valence electrons. The molecular formula is C15H18N2O5S. The van der Waals surface area contributed by atoms with Crippen LogP contribution in [0.4, 0.5) is 5.13 Å². The number of fused-ring (bicyclic) bond motifs is 1. The van der Waals surface area contributed by atoms with Crippen molar-refractivity contribution in [2.24, 2.45) is 0 Å². The number of thiazole rings is 1. The van der Waals surface area contributed by atoms with Gasteiger partial charge in [-0.3, -0.25) is 10.1 Å². The molecule has 2 aromatic rings. The fourth-order valence-corrected chi connectivity index (χ4v) is 2.65. The van der Waals surface area contributed by atoms with Crippen molar-refractivity contribution in [1.82, 2.24) is 4.98 Å². The average Bonchev–Trinajstić information content (AvgIpc) is 2.92. The van der Waals surface area contributed by atoms with Crippen LogP contribution in [0.15, 0.2) is 18.2 Å². The van der Waals surface area contributed by atoms with Gasteiger partial charge in [-0.25, -0.2) is 9.78 Å². The van der Waals surface area contributed by atoms with E-state index in [9.17, 15) is 9.59 Å². The van der Waals surface area contributed by atoms with Crippen LogP contribution in [-0.2, 0) is 19.1 Å². The summed E-state index contributed by atoms with van der Waals surface area (Å²) in [5, 5.41) is 3.05. The van der Waals surface area contributed by atoms with Crippen LogP contribution in [0, 0.1) is 0 Å². The lowest BCUT2D eigenvalue weighted by atomic mass is 10.3. The molecule has 0 aliphatic heterocycles. The first kappa shape index (κ1) is 17.2. The van der Waals surface area contributed by atoms with Crippen LogP contribution in [0.1, 0.15) is 13.8 Å². The minimum Gasteiger partial charge on any atom is -0.494 e. The van der Waals surface area contributed by atoms with Crippen molar-refractivity contribution >= 4 is 38.6 Å². The predicted octanol–water partition coefficient (Wildman–Crippen LogP) is 2.21. The van der Waals surface area contributed by atoms with E-state index in [0.29, 0.717) is 18.3 Å². The van der Waals surface area contributed by atoms with Gasteiger partial charge in [0.15, 0.2) is 11.7 Å². The van der Waals surface area contributed by atoms with Gasteiger partial charge < -0.3 is 14.2 Å². The second-order valence-electron chi connectivity index (χ2n) is 4.43. The Bertz CT molecular complexity index is 686. The van der Waals surface area contributed by atoms with E-state index < -0.39 is 11.9 Å². The number of ether oxygens (including phenoxy) is 3. The number of benzene rings is 1. The van der Waals surface area contributed by atoms with Crippen molar-refractivity contribution in [2.45, 2.75) is 13.8 Å². The molecule has 0 saturated carbocycles. The molecule has 0 saturated heterocycles. The SMILES string of the molecule is CCOCC(=O)OCC(=O)Nc1nc2ccc(OCC)cc2s1. The fourth-order valence-electron chi connectivity index (χ4n) is 1.74. The highest BCUT2D eigenvalue weighted by atomic mass is 32.1. The number of aromatic nitrogens is 1. The molecule has 1 N–H and O–H groups in total. The Labute approximate surface area is 137 Å². The Balaban J connectivity index is 1.90. The highest BCUT2D eigenvalue weighted by molar-refractivity contribution is 7.22. The molecule has 0 radical (unpaired) electrons. The molecule has 1 aromatic heterocycles. The third-order valence-electron chi connectivity index (χ3n) is 2.71. The number of hydrogen-bond donors (Lipinski definition) is 1. The van der Waals surface area contributed by atoms with Crippen molar-refractivity contribution in [3.63, 3.8) is 0 Å². The molecule has 0 aliphatic rings. The Hall–Kier alpha value is -2.19. The molecule has 1 amide bonds. The quantitative estimate of drug-likeness (QED) is 0.743. The van der Waals surface area contributed by atoms with E-state index in [1.165, 1.54) is 11.3 Å². The van der Waals surface area contributed by atoms with Crippen molar-refractivity contribution in [1.29, 1.82) is 0 Å². The van der Waals surface area contributed by atoms with E-state index in [4.69, 9.17) is 14.2 Å². The first-order valence-corrected chi connectivity index (χ1v) is 8.00. The van der Waals surface area contributed by atoms with Gasteiger partial charge in [0, 0.05) is 6.61 Å². The zero-order chi connectivity index (χ0) is 16.7. The van der Waals surface area contributed by atoms with Crippen LogP contribution in [-0.4, -0.2) is 43.3 Å². The largest absolute Gasteiger partial charge is 0.494 e. The summed E-state index contributed by atoms with van der Waals surface area (Å²) < 4.78 is 16.0. The summed E-state index contributed by atoms with van der Waals surface area (Å²) in [4.78, 5) is 27.3. The first-order valence-electron chi connectivity index (χ1n) is 7.19. The molecular weight excluding hydrogens is 320 g/mol. The number of esters is 1. The normalized spacial score (nSPS) is 10.5. The number of rotatable bonds is 8. The zero-order valence-electron chi connectivity index (χ0n) is 13.0. The standard InChI is InChI=1S/C15H18N2O5S/c1-3-20-9-14(19)22-8-13(18)17-15-16-11-6-5-10(21-4-2)7-12(11)23-15/h5-7H,3-4,8-9H2,1-2H3,(H,16,17,18). The summed E-state index contributed by atoms with van der Waals surface area (Å²) in [6, 6.07) is 5.52. The maximum atomic E-state index is 11.7. The highest BCUT2D eigenvalue weighted by Gasteiger charge is 2.11. The molecule has 0 aliphatic carbocycles. The summed E-state index contributed by atoms with van der Waals surface area (Å²) in [5.41, 5.74) is 0.766. The number of anilines is 1. The van der Waals surface area contributed by atoms with E-state index in [0.717, 1.165) is 16.0 Å². The minimum atomic E-state index is -0.576. The second-order valence-corrected chi connectivity index (χ2v) is 5.46. The Morgan fingerprint density at radius 3 is 2.78 bits per heavy atom. The van der Waals surface area contributed by atoms with Crippen molar-refractivity contribution < 1.29 is 23.8 Å². The third kappa shape index (κ3) is 5.19. The first-order chi connectivity index (χ1) is 11.1. The molecule has 0 bridgehead atoms. The molecule has 0 fully saturated rings. The Morgan fingerprint density at radius 1 is 1.22 bits per heavy atom. The van der Waals surface area contributed by atoms with Crippen LogP contribution in [0.5, 0.6) is 5.75 Å². The second kappa shape index (κ2) is 8.44. The molecule has 0 spiro atoms. The van der Waals surface area contributed by atoms with Gasteiger partial charge in [-0.2, -0.15) is 0 Å². The van der Waals surface area contributed by atoms with Gasteiger partial charge in [-0.05, 0) is 32.0 Å². The summed E-state index contributed by atoms with van der Waals surface area (Å²) in [6.07, 6.45) is 0. The molecule has 1 heterocycles. The smallest absolute Gasteiger partial charge is 0.332 e. The lowest BCUT2D eigenvalue weighted by Gasteiger charge is -2.04. The summed E-state index contributed by atoms with van der Waals surface area (Å²) >= 11 is 1.33. The lowest BCUT2D eigenvalue weighted by molar-refractivity contribution is -0.151. The van der Waals surface area contributed by atoms with E-state index in [-0.39, 0.29) is 13.2 Å². The Kier molecular flexibility index (Phi) is 6.30. The van der Waals surface area contributed by atoms with Gasteiger partial charge in [0.25, 0.3) is 5.91 Å². The monoisotopic (exact) mass is 338 g/mol. The van der Waals surface area contributed by atoms with Gasteiger partial charge in [0.1, 0.15) is 12.4 Å². The van der Waals surface area contributed by atoms with Crippen LogP contribution < -0.4 is 10.1 Å². The highest BCUT2D eigenvalue weighted by Crippen LogP contribution is 2.29. The van der Waals surface area contributed by atoms with E-state index >= 15 is 0 Å². The average molecular weight is 338 g/mol. The van der Waals surface area contributed by atoms with Crippen molar-refractivity contribution in [2.75, 3.05) is 31.7 Å². The van der Waals surface area contributed by atoms with Crippen molar-refractivity contribution in [3.05, 3.63) is 18.2 Å². The maximum Gasteiger partial charge on any atom is 0.332 e. The topological polar surface area (TPSA) is 86.8 Å². The molecule has 1 aromatic carbocycles. The van der Waals surface area contributed by atoms with Crippen LogP contribution >= 0.6 is 11.3 Å². The van der Waals surface area contributed by atoms with Gasteiger partial charge in [0.2, 0.25) is 0 Å². The number of hydrogen-bond acceptors (Lipinski definition) is 7. The van der Waals surface area contributed by atoms with E-state index in [2.05, 4.69) is 10.3 Å². The number of amides is 1. The van der Waals surface area contributed by atoms with Crippen molar-refractivity contribution in [3.8, 4) is 5.75 Å². The van der Waals surface area contributed by atoms with E-state index in [1.54, 1.807) is 6.92 Å². The summed E-state index contributed by atoms with van der Waals surface area (Å²) in [7, 11) is 0. The van der Waals surface area contributed by atoms with Crippen LogP contribution in [0.2, 0.25) is 0 Å². The molecule has 23 heavy (non-hydrogen) atoms. The molecule has 2 rings (SSSR count). The van der Waals surface area contributed by atoms with Gasteiger partial charge in [-0.1, -0.05) is 11.3 Å². The minimum absolute atomic E-state index is 0.162. The molecule has 0 unspecified atom stereocenters. The van der Waals surface area contributed by atoms with Crippen LogP contribution in [0.25, 0.3) is 10.2 Å². The maximum absolute atomic E-state index is 11.7. The predicted molar refractivity (Wildman–Crippen MR) is 86.9 cm³/mol. The number of carbonyl (C=O) groups excluding carboxylic acids is 2. The lowest BCUT2D eigenvalue weighted by Crippen LogP contribution is -2.22. The number of nitrogens with zero attached hydrogens (tertiary/aromatic N) is 1. The van der Waals surface area contributed by atoms with Gasteiger partial charge >= 0.3 is 5.97 Å².